The van der Waals surface area contributed by atoms with Gasteiger partial charge in [0.1, 0.15) is 5.92 Å². The molecule has 0 radical (unpaired) electrons. The number of aliphatic carboxylic acids is 1. The molecular formula is C13H19N3O3S. The zero-order valence-corrected chi connectivity index (χ0v) is 12.5. The van der Waals surface area contributed by atoms with E-state index in [1.807, 2.05) is 13.8 Å². The Labute approximate surface area is 121 Å². The number of likely N-dealkylation sites (N-methyl/N-ethyl adjacent to an activating group) is 1. The number of carbonyl (C=O) groups excluding carboxylic acids is 1. The van der Waals surface area contributed by atoms with E-state index in [0.29, 0.717) is 30.3 Å². The molecular weight excluding hydrogens is 278 g/mol. The predicted molar refractivity (Wildman–Crippen MR) is 77.2 cm³/mol. The topological polar surface area (TPSA) is 82.5 Å². The van der Waals surface area contributed by atoms with E-state index in [0.717, 1.165) is 11.3 Å². The summed E-state index contributed by atoms with van der Waals surface area (Å²) < 4.78 is 0. The van der Waals surface area contributed by atoms with E-state index in [4.69, 9.17) is 5.11 Å². The van der Waals surface area contributed by atoms with Crippen LogP contribution in [0.5, 0.6) is 0 Å². The summed E-state index contributed by atoms with van der Waals surface area (Å²) in [6, 6.07) is 0. The Hall–Kier alpha value is -1.63. The van der Waals surface area contributed by atoms with Crippen molar-refractivity contribution < 1.29 is 14.7 Å². The third-order valence-corrected chi connectivity index (χ3v) is 4.61. The Morgan fingerprint density at radius 3 is 2.75 bits per heavy atom. The van der Waals surface area contributed by atoms with Gasteiger partial charge in [-0.2, -0.15) is 0 Å². The summed E-state index contributed by atoms with van der Waals surface area (Å²) in [5, 5.41) is 12.8. The van der Waals surface area contributed by atoms with Crippen LogP contribution >= 0.6 is 11.3 Å². The number of nitrogens with zero attached hydrogens (tertiary/aromatic N) is 2. The summed E-state index contributed by atoms with van der Waals surface area (Å²) in [6.45, 7) is 5.46. The molecule has 1 aromatic rings. The highest BCUT2D eigenvalue weighted by Crippen LogP contribution is 2.38. The standard InChI is InChI=1S/C13H19N3O3S/c1-3-16(4-2)10(17)7-14-13-15-11-8(12(18)19)5-6-9(11)20-13/h8H,3-7H2,1-2H3,(H,14,15)(H,18,19). The number of nitrogens with one attached hydrogen (secondary N) is 1. The number of aryl methyl sites for hydroxylation is 1. The molecule has 1 aromatic heterocycles. The quantitative estimate of drug-likeness (QED) is 0.832. The Balaban J connectivity index is 1.97. The van der Waals surface area contributed by atoms with Gasteiger partial charge in [0.25, 0.3) is 0 Å². The number of aromatic nitrogens is 1. The predicted octanol–water partition coefficient (Wildman–Crippen LogP) is 1.54. The Morgan fingerprint density at radius 1 is 1.45 bits per heavy atom. The SMILES string of the molecule is CCN(CC)C(=O)CNc1nc2c(s1)CCC2C(=O)O. The maximum Gasteiger partial charge on any atom is 0.312 e. The number of carboxylic acids is 1. The number of hydrogen-bond donors (Lipinski definition) is 2. The minimum Gasteiger partial charge on any atom is -0.481 e. The average molecular weight is 297 g/mol. The zero-order valence-electron chi connectivity index (χ0n) is 11.7. The maximum absolute atomic E-state index is 11.9. The first-order chi connectivity index (χ1) is 9.56. The van der Waals surface area contributed by atoms with Crippen LogP contribution in [0.25, 0.3) is 0 Å². The van der Waals surface area contributed by atoms with E-state index < -0.39 is 11.9 Å². The van der Waals surface area contributed by atoms with Gasteiger partial charge in [0.15, 0.2) is 5.13 Å². The van der Waals surface area contributed by atoms with Crippen molar-refractivity contribution in [1.29, 1.82) is 0 Å². The molecule has 6 nitrogen and oxygen atoms in total. The van der Waals surface area contributed by atoms with Gasteiger partial charge in [-0.05, 0) is 26.7 Å². The van der Waals surface area contributed by atoms with Crippen molar-refractivity contribution in [3.63, 3.8) is 0 Å². The van der Waals surface area contributed by atoms with Crippen LogP contribution in [0.15, 0.2) is 0 Å². The summed E-state index contributed by atoms with van der Waals surface area (Å²) in [5.41, 5.74) is 0.667. The molecule has 0 bridgehead atoms. The highest BCUT2D eigenvalue weighted by Gasteiger charge is 2.32. The molecule has 1 atom stereocenters. The van der Waals surface area contributed by atoms with Crippen molar-refractivity contribution in [2.75, 3.05) is 25.0 Å². The van der Waals surface area contributed by atoms with Gasteiger partial charge in [0.2, 0.25) is 5.91 Å². The summed E-state index contributed by atoms with van der Waals surface area (Å²) in [5.74, 6) is -1.28. The number of thiazole rings is 1. The summed E-state index contributed by atoms with van der Waals surface area (Å²) in [6.07, 6.45) is 1.39. The molecule has 0 saturated carbocycles. The summed E-state index contributed by atoms with van der Waals surface area (Å²) in [4.78, 5) is 30.1. The molecule has 2 N–H and O–H groups in total. The first-order valence-electron chi connectivity index (χ1n) is 6.80. The normalized spacial score (nSPS) is 16.8. The highest BCUT2D eigenvalue weighted by atomic mass is 32.1. The van der Waals surface area contributed by atoms with E-state index in [9.17, 15) is 9.59 Å². The molecule has 2 rings (SSSR count). The monoisotopic (exact) mass is 297 g/mol. The van der Waals surface area contributed by atoms with Crippen molar-refractivity contribution in [3.8, 4) is 0 Å². The Morgan fingerprint density at radius 2 is 2.15 bits per heavy atom. The number of rotatable bonds is 6. The van der Waals surface area contributed by atoms with Crippen LogP contribution < -0.4 is 5.32 Å². The summed E-state index contributed by atoms with van der Waals surface area (Å²) >= 11 is 1.46. The van der Waals surface area contributed by atoms with Crippen LogP contribution in [-0.2, 0) is 16.0 Å². The number of amides is 1. The van der Waals surface area contributed by atoms with Crippen molar-refractivity contribution in [2.24, 2.45) is 0 Å². The first kappa shape index (κ1) is 14.8. The largest absolute Gasteiger partial charge is 0.481 e. The number of fused-ring (bicyclic) bond motifs is 1. The van der Waals surface area contributed by atoms with Gasteiger partial charge in [0, 0.05) is 18.0 Å². The lowest BCUT2D eigenvalue weighted by Crippen LogP contribution is -2.35. The van der Waals surface area contributed by atoms with Gasteiger partial charge >= 0.3 is 5.97 Å². The molecule has 0 spiro atoms. The van der Waals surface area contributed by atoms with E-state index in [2.05, 4.69) is 10.3 Å². The minimum atomic E-state index is -0.820. The lowest BCUT2D eigenvalue weighted by atomic mass is 10.1. The van der Waals surface area contributed by atoms with E-state index in [1.54, 1.807) is 4.90 Å². The minimum absolute atomic E-state index is 0.0279. The smallest absolute Gasteiger partial charge is 0.312 e. The molecule has 1 aliphatic rings. The second kappa shape index (κ2) is 6.21. The lowest BCUT2D eigenvalue weighted by Gasteiger charge is -2.18. The zero-order chi connectivity index (χ0) is 14.7. The molecule has 0 aliphatic heterocycles. The number of anilines is 1. The summed E-state index contributed by atoms with van der Waals surface area (Å²) in [7, 11) is 0. The molecule has 110 valence electrons. The highest BCUT2D eigenvalue weighted by molar-refractivity contribution is 7.15. The van der Waals surface area contributed by atoms with Crippen LogP contribution in [0.4, 0.5) is 5.13 Å². The fourth-order valence-electron chi connectivity index (χ4n) is 2.38. The average Bonchev–Trinajstić information content (AvgIpc) is 2.96. The van der Waals surface area contributed by atoms with Crippen LogP contribution in [0.3, 0.4) is 0 Å². The van der Waals surface area contributed by atoms with E-state index in [-0.39, 0.29) is 12.5 Å². The van der Waals surface area contributed by atoms with Crippen molar-refractivity contribution >= 4 is 28.3 Å². The molecule has 0 fully saturated rings. The van der Waals surface area contributed by atoms with Crippen molar-refractivity contribution in [3.05, 3.63) is 10.6 Å². The van der Waals surface area contributed by atoms with Gasteiger partial charge in [-0.15, -0.1) is 11.3 Å². The maximum atomic E-state index is 11.9. The second-order valence-corrected chi connectivity index (χ2v) is 5.76. The third-order valence-electron chi connectivity index (χ3n) is 3.52. The molecule has 1 aliphatic carbocycles. The number of carbonyl (C=O) groups is 2. The fraction of sp³-hybridized carbons (Fsp3) is 0.615. The molecule has 1 unspecified atom stereocenters. The molecule has 1 heterocycles. The van der Waals surface area contributed by atoms with Gasteiger partial charge < -0.3 is 15.3 Å². The van der Waals surface area contributed by atoms with Gasteiger partial charge in [-0.1, -0.05) is 0 Å². The molecule has 0 aromatic carbocycles. The van der Waals surface area contributed by atoms with E-state index >= 15 is 0 Å². The Kier molecular flexibility index (Phi) is 4.59. The van der Waals surface area contributed by atoms with Gasteiger partial charge in [-0.3, -0.25) is 9.59 Å². The number of hydrogen-bond acceptors (Lipinski definition) is 5. The van der Waals surface area contributed by atoms with Crippen LogP contribution in [0.1, 0.15) is 36.8 Å². The molecule has 20 heavy (non-hydrogen) atoms. The molecule has 0 saturated heterocycles. The molecule has 7 heteroatoms. The van der Waals surface area contributed by atoms with Gasteiger partial charge in [-0.25, -0.2) is 4.98 Å². The van der Waals surface area contributed by atoms with Crippen LogP contribution in [-0.4, -0.2) is 46.5 Å². The van der Waals surface area contributed by atoms with E-state index in [1.165, 1.54) is 11.3 Å². The van der Waals surface area contributed by atoms with Crippen molar-refractivity contribution in [2.45, 2.75) is 32.6 Å². The van der Waals surface area contributed by atoms with Gasteiger partial charge in [0.05, 0.1) is 12.2 Å². The number of carboxylic acid groups (broad SMARTS) is 1. The fourth-order valence-corrected chi connectivity index (χ4v) is 3.42. The molecule has 1 amide bonds. The lowest BCUT2D eigenvalue weighted by molar-refractivity contribution is -0.138. The first-order valence-corrected chi connectivity index (χ1v) is 7.62. The Bertz CT molecular complexity index is 511. The third kappa shape index (κ3) is 2.92. The van der Waals surface area contributed by atoms with Crippen molar-refractivity contribution in [1.82, 2.24) is 9.88 Å². The van der Waals surface area contributed by atoms with Crippen LogP contribution in [0.2, 0.25) is 0 Å². The second-order valence-electron chi connectivity index (χ2n) is 4.68. The van der Waals surface area contributed by atoms with Crippen LogP contribution in [0, 0.1) is 0 Å².